The molecule has 0 atom stereocenters. The molecule has 4 nitrogen and oxygen atoms in total. The van der Waals surface area contributed by atoms with Crippen LogP contribution in [0.2, 0.25) is 0 Å². The van der Waals surface area contributed by atoms with Crippen LogP contribution in [0.4, 0.5) is 0 Å². The van der Waals surface area contributed by atoms with Crippen molar-refractivity contribution in [3.63, 3.8) is 0 Å². The summed E-state index contributed by atoms with van der Waals surface area (Å²) < 4.78 is 0. The van der Waals surface area contributed by atoms with Crippen LogP contribution >= 0.6 is 0 Å². The molecule has 0 heterocycles. The zero-order chi connectivity index (χ0) is 14.0. The first-order valence-electron chi connectivity index (χ1n) is 5.90. The third kappa shape index (κ3) is 2.70. The van der Waals surface area contributed by atoms with Gasteiger partial charge in [-0.25, -0.2) is 9.59 Å². The van der Waals surface area contributed by atoms with Crippen molar-refractivity contribution in [2.75, 3.05) is 0 Å². The maximum Gasteiger partial charge on any atom is 0.335 e. The van der Waals surface area contributed by atoms with E-state index < -0.39 is 11.9 Å². The average molecular weight is 250 g/mol. The second-order valence-electron chi connectivity index (χ2n) is 4.95. The topological polar surface area (TPSA) is 74.6 Å². The van der Waals surface area contributed by atoms with Crippen LogP contribution in [0.3, 0.4) is 0 Å². The molecule has 18 heavy (non-hydrogen) atoms. The third-order valence-electron chi connectivity index (χ3n) is 2.93. The molecule has 0 aromatic heterocycles. The summed E-state index contributed by atoms with van der Waals surface area (Å²) in [7, 11) is 0. The zero-order valence-electron chi connectivity index (χ0n) is 11.0. The van der Waals surface area contributed by atoms with Gasteiger partial charge >= 0.3 is 11.9 Å². The van der Waals surface area contributed by atoms with E-state index in [1.165, 1.54) is 6.07 Å². The van der Waals surface area contributed by atoms with Gasteiger partial charge in [0, 0.05) is 0 Å². The van der Waals surface area contributed by atoms with E-state index in [0.717, 1.165) is 0 Å². The molecule has 0 fully saturated rings. The summed E-state index contributed by atoms with van der Waals surface area (Å²) >= 11 is 0. The lowest BCUT2D eigenvalue weighted by Crippen LogP contribution is -2.11. The molecule has 0 radical (unpaired) electrons. The second-order valence-corrected chi connectivity index (χ2v) is 4.95. The molecule has 1 aromatic rings. The lowest BCUT2D eigenvalue weighted by molar-refractivity contribution is 0.0694. The van der Waals surface area contributed by atoms with Crippen LogP contribution in [0, 0.1) is 0 Å². The molecule has 0 bridgehead atoms. The molecule has 2 N–H and O–H groups in total. The smallest absolute Gasteiger partial charge is 0.335 e. The highest BCUT2D eigenvalue weighted by Gasteiger charge is 2.21. The number of carboxylic acid groups (broad SMARTS) is 2. The highest BCUT2D eigenvalue weighted by atomic mass is 16.4. The van der Waals surface area contributed by atoms with Crippen LogP contribution < -0.4 is 0 Å². The monoisotopic (exact) mass is 250 g/mol. The lowest BCUT2D eigenvalue weighted by atomic mass is 9.88. The summed E-state index contributed by atoms with van der Waals surface area (Å²) in [6, 6.07) is 2.98. The molecular formula is C14H18O4. The van der Waals surface area contributed by atoms with Crippen molar-refractivity contribution < 1.29 is 19.8 Å². The summed E-state index contributed by atoms with van der Waals surface area (Å²) in [5, 5.41) is 18.3. The Balaban J connectivity index is 3.60. The normalized spacial score (nSPS) is 11.0. The van der Waals surface area contributed by atoms with Crippen LogP contribution in [0.25, 0.3) is 0 Å². The van der Waals surface area contributed by atoms with Crippen molar-refractivity contribution in [1.82, 2.24) is 0 Å². The molecule has 0 aliphatic heterocycles. The first-order valence-corrected chi connectivity index (χ1v) is 5.90. The van der Waals surface area contributed by atoms with Gasteiger partial charge < -0.3 is 10.2 Å². The summed E-state index contributed by atoms with van der Waals surface area (Å²) in [6.07, 6.45) is 0. The van der Waals surface area contributed by atoms with Crippen LogP contribution in [0.15, 0.2) is 12.1 Å². The van der Waals surface area contributed by atoms with Gasteiger partial charge in [0.2, 0.25) is 0 Å². The highest BCUT2D eigenvalue weighted by Crippen LogP contribution is 2.28. The summed E-state index contributed by atoms with van der Waals surface area (Å²) in [5.74, 6) is -2.10. The fourth-order valence-electron chi connectivity index (χ4n) is 1.96. The molecule has 4 heteroatoms. The Hall–Kier alpha value is -1.84. The minimum absolute atomic E-state index is 0.0384. The maximum absolute atomic E-state index is 11.2. The van der Waals surface area contributed by atoms with Gasteiger partial charge in [-0.05, 0) is 29.0 Å². The van der Waals surface area contributed by atoms with Crippen molar-refractivity contribution in [3.05, 3.63) is 34.4 Å². The van der Waals surface area contributed by atoms with E-state index >= 15 is 0 Å². The molecule has 1 rings (SSSR count). The average Bonchev–Trinajstić information content (AvgIpc) is 2.26. The van der Waals surface area contributed by atoms with Crippen molar-refractivity contribution in [2.24, 2.45) is 0 Å². The number of rotatable bonds is 4. The summed E-state index contributed by atoms with van der Waals surface area (Å²) in [5.41, 5.74) is 1.51. The summed E-state index contributed by atoms with van der Waals surface area (Å²) in [6.45, 7) is 7.58. The van der Waals surface area contributed by atoms with Crippen molar-refractivity contribution in [3.8, 4) is 0 Å². The van der Waals surface area contributed by atoms with E-state index in [9.17, 15) is 9.59 Å². The first kappa shape index (κ1) is 14.2. The van der Waals surface area contributed by atoms with Gasteiger partial charge in [-0.2, -0.15) is 0 Å². The van der Waals surface area contributed by atoms with Gasteiger partial charge in [0.05, 0.1) is 11.1 Å². The molecule has 0 aliphatic carbocycles. The molecule has 98 valence electrons. The van der Waals surface area contributed by atoms with Gasteiger partial charge in [-0.3, -0.25) is 0 Å². The van der Waals surface area contributed by atoms with Crippen LogP contribution in [0.1, 0.15) is 71.4 Å². The Morgan fingerprint density at radius 3 is 1.39 bits per heavy atom. The van der Waals surface area contributed by atoms with E-state index in [2.05, 4.69) is 0 Å². The number of hydrogen-bond acceptors (Lipinski definition) is 2. The molecule has 0 unspecified atom stereocenters. The molecule has 0 spiro atoms. The largest absolute Gasteiger partial charge is 0.478 e. The molecule has 0 saturated carbocycles. The summed E-state index contributed by atoms with van der Waals surface area (Å²) in [4.78, 5) is 22.4. The Labute approximate surface area is 106 Å². The fourth-order valence-corrected chi connectivity index (χ4v) is 1.96. The van der Waals surface area contributed by atoms with E-state index in [1.807, 2.05) is 27.7 Å². The van der Waals surface area contributed by atoms with Crippen molar-refractivity contribution >= 4 is 11.9 Å². The number of carboxylic acids is 2. The predicted molar refractivity (Wildman–Crippen MR) is 68.5 cm³/mol. The van der Waals surface area contributed by atoms with Gasteiger partial charge in [-0.15, -0.1) is 0 Å². The Morgan fingerprint density at radius 2 is 1.17 bits per heavy atom. The van der Waals surface area contributed by atoms with Gasteiger partial charge in [0.15, 0.2) is 0 Å². The van der Waals surface area contributed by atoms with Gasteiger partial charge in [-0.1, -0.05) is 33.8 Å². The molecule has 0 aliphatic rings. The first-order chi connectivity index (χ1) is 8.25. The van der Waals surface area contributed by atoms with Crippen LogP contribution in [-0.4, -0.2) is 22.2 Å². The third-order valence-corrected chi connectivity index (χ3v) is 2.93. The number of benzene rings is 1. The number of carbonyl (C=O) groups is 2. The van der Waals surface area contributed by atoms with Crippen molar-refractivity contribution in [2.45, 2.75) is 39.5 Å². The van der Waals surface area contributed by atoms with E-state index in [-0.39, 0.29) is 23.0 Å². The molecule has 0 amide bonds. The van der Waals surface area contributed by atoms with Crippen LogP contribution in [0.5, 0.6) is 0 Å². The van der Waals surface area contributed by atoms with E-state index in [0.29, 0.717) is 11.1 Å². The Kier molecular flexibility index (Phi) is 4.11. The minimum Gasteiger partial charge on any atom is -0.478 e. The zero-order valence-corrected chi connectivity index (χ0v) is 11.0. The van der Waals surface area contributed by atoms with Crippen molar-refractivity contribution in [1.29, 1.82) is 0 Å². The number of aromatic carboxylic acids is 2. The van der Waals surface area contributed by atoms with Gasteiger partial charge in [0.25, 0.3) is 0 Å². The predicted octanol–water partition coefficient (Wildman–Crippen LogP) is 3.33. The Morgan fingerprint density at radius 1 is 0.833 bits per heavy atom. The maximum atomic E-state index is 11.2. The standard InChI is InChI=1S/C14H18O4/c1-7(2)9-5-10(8(3)4)12(14(17)18)6-11(9)13(15)16/h5-8H,1-4H3,(H,15,16)(H,17,18). The Bertz CT molecular complexity index is 446. The fraction of sp³-hybridized carbons (Fsp3) is 0.429. The van der Waals surface area contributed by atoms with E-state index in [4.69, 9.17) is 10.2 Å². The second kappa shape index (κ2) is 5.21. The molecular weight excluding hydrogens is 232 g/mol. The van der Waals surface area contributed by atoms with Gasteiger partial charge in [0.1, 0.15) is 0 Å². The highest BCUT2D eigenvalue weighted by molar-refractivity contribution is 5.96. The quantitative estimate of drug-likeness (QED) is 0.859. The van der Waals surface area contributed by atoms with E-state index in [1.54, 1.807) is 6.07 Å². The number of hydrogen-bond donors (Lipinski definition) is 2. The minimum atomic E-state index is -1.09. The molecule has 0 saturated heterocycles. The lowest BCUT2D eigenvalue weighted by Gasteiger charge is -2.16. The molecule has 1 aromatic carbocycles. The van der Waals surface area contributed by atoms with Crippen LogP contribution in [-0.2, 0) is 0 Å². The SMILES string of the molecule is CC(C)c1cc(C(C)C)c(C(=O)O)cc1C(=O)O.